The van der Waals surface area contributed by atoms with E-state index in [9.17, 15) is 4.79 Å². The fourth-order valence-electron chi connectivity index (χ4n) is 2.21. The number of quaternary nitrogens is 1. The Morgan fingerprint density at radius 3 is 2.81 bits per heavy atom. The van der Waals surface area contributed by atoms with Crippen molar-refractivity contribution in [3.63, 3.8) is 0 Å². The second-order valence-electron chi connectivity index (χ2n) is 5.23. The molecule has 112 valence electrons. The molecule has 21 heavy (non-hydrogen) atoms. The first kappa shape index (κ1) is 15.6. The highest BCUT2D eigenvalue weighted by Gasteiger charge is 2.15. The molecule has 1 aromatic carbocycles. The molecule has 0 unspecified atom stereocenters. The van der Waals surface area contributed by atoms with Gasteiger partial charge in [0.2, 0.25) is 0 Å². The van der Waals surface area contributed by atoms with Crippen LogP contribution in [0, 0.1) is 13.8 Å². The Morgan fingerprint density at radius 1 is 1.43 bits per heavy atom. The lowest BCUT2D eigenvalue weighted by Gasteiger charge is -2.12. The van der Waals surface area contributed by atoms with Gasteiger partial charge in [-0.25, -0.2) is 0 Å². The van der Waals surface area contributed by atoms with Crippen molar-refractivity contribution in [2.75, 3.05) is 11.9 Å². The molecule has 1 amide bonds. The van der Waals surface area contributed by atoms with Crippen molar-refractivity contribution in [3.05, 3.63) is 52.4 Å². The first-order valence-corrected chi connectivity index (χ1v) is 7.28. The quantitative estimate of drug-likeness (QED) is 0.892. The zero-order valence-corrected chi connectivity index (χ0v) is 13.2. The summed E-state index contributed by atoms with van der Waals surface area (Å²) >= 11 is 6.18. The molecule has 1 atom stereocenters. The largest absolute Gasteiger partial charge is 0.463 e. The van der Waals surface area contributed by atoms with E-state index in [1.807, 2.05) is 50.4 Å². The molecule has 0 aliphatic carbocycles. The monoisotopic (exact) mass is 307 g/mol. The molecule has 0 radical (unpaired) electrons. The van der Waals surface area contributed by atoms with Crippen LogP contribution in [-0.2, 0) is 4.79 Å². The highest BCUT2D eigenvalue weighted by Crippen LogP contribution is 2.27. The third kappa shape index (κ3) is 4.09. The number of hydrogen-bond acceptors (Lipinski definition) is 2. The summed E-state index contributed by atoms with van der Waals surface area (Å²) < 4.78 is 5.31. The molecule has 2 rings (SSSR count). The number of hydrogen-bond donors (Lipinski definition) is 2. The van der Waals surface area contributed by atoms with Crippen molar-refractivity contribution < 1.29 is 14.5 Å². The molecule has 0 fully saturated rings. The number of anilines is 1. The van der Waals surface area contributed by atoms with Gasteiger partial charge in [-0.1, -0.05) is 17.7 Å². The van der Waals surface area contributed by atoms with Crippen LogP contribution >= 0.6 is 11.6 Å². The zero-order valence-electron chi connectivity index (χ0n) is 12.4. The van der Waals surface area contributed by atoms with Crippen LogP contribution < -0.4 is 10.6 Å². The van der Waals surface area contributed by atoms with E-state index in [1.165, 1.54) is 0 Å². The van der Waals surface area contributed by atoms with Gasteiger partial charge in [0.1, 0.15) is 6.04 Å². The third-order valence-electron chi connectivity index (χ3n) is 3.34. The van der Waals surface area contributed by atoms with E-state index < -0.39 is 0 Å². The smallest absolute Gasteiger partial charge is 0.279 e. The van der Waals surface area contributed by atoms with Gasteiger partial charge in [0.25, 0.3) is 5.91 Å². The molecule has 2 aromatic rings. The summed E-state index contributed by atoms with van der Waals surface area (Å²) in [5.41, 5.74) is 2.73. The second kappa shape index (κ2) is 6.78. The fraction of sp³-hybridized carbons (Fsp3) is 0.312. The predicted molar refractivity (Wildman–Crippen MR) is 83.5 cm³/mol. The van der Waals surface area contributed by atoms with E-state index >= 15 is 0 Å². The number of carbonyl (C=O) groups excluding carboxylic acids is 1. The Hall–Kier alpha value is -1.78. The lowest BCUT2D eigenvalue weighted by atomic mass is 10.1. The molecular formula is C16H20ClN2O2+. The Kier molecular flexibility index (Phi) is 5.04. The molecule has 1 heterocycles. The number of rotatable bonds is 5. The number of aryl methyl sites for hydroxylation is 2. The molecule has 0 bridgehead atoms. The van der Waals surface area contributed by atoms with Crippen LogP contribution in [0.5, 0.6) is 0 Å². The molecule has 0 saturated carbocycles. The van der Waals surface area contributed by atoms with Crippen molar-refractivity contribution in [3.8, 4) is 0 Å². The summed E-state index contributed by atoms with van der Waals surface area (Å²) in [6.07, 6.45) is 1.63. The number of halogens is 1. The Bertz CT molecular complexity index is 600. The third-order valence-corrected chi connectivity index (χ3v) is 3.64. The minimum Gasteiger partial charge on any atom is -0.463 e. The number of benzene rings is 1. The van der Waals surface area contributed by atoms with Crippen molar-refractivity contribution in [1.82, 2.24) is 0 Å². The maximum absolute atomic E-state index is 12.0. The van der Waals surface area contributed by atoms with Gasteiger partial charge in [0.05, 0.1) is 17.0 Å². The van der Waals surface area contributed by atoms with Gasteiger partial charge in [-0.3, -0.25) is 4.79 Å². The highest BCUT2D eigenvalue weighted by atomic mass is 35.5. The van der Waals surface area contributed by atoms with Crippen molar-refractivity contribution in [2.24, 2.45) is 0 Å². The van der Waals surface area contributed by atoms with Crippen LogP contribution in [0.3, 0.4) is 0 Å². The van der Waals surface area contributed by atoms with Gasteiger partial charge in [-0.05, 0) is 50.1 Å². The van der Waals surface area contributed by atoms with E-state index in [0.29, 0.717) is 17.3 Å². The SMILES string of the molecule is Cc1cc(C)c(NC(=O)C[NH2+][C@@H](C)c2ccco2)c(Cl)c1. The second-order valence-corrected chi connectivity index (χ2v) is 5.64. The van der Waals surface area contributed by atoms with Gasteiger partial charge in [-0.2, -0.15) is 0 Å². The van der Waals surface area contributed by atoms with Gasteiger partial charge in [0, 0.05) is 0 Å². The summed E-state index contributed by atoms with van der Waals surface area (Å²) in [6.45, 7) is 6.22. The summed E-state index contributed by atoms with van der Waals surface area (Å²) in [7, 11) is 0. The van der Waals surface area contributed by atoms with E-state index in [2.05, 4.69) is 5.32 Å². The van der Waals surface area contributed by atoms with Gasteiger partial charge in [0.15, 0.2) is 12.3 Å². The standard InChI is InChI=1S/C16H19ClN2O2/c1-10-7-11(2)16(13(17)8-10)19-15(20)9-18-12(3)14-5-4-6-21-14/h4-8,12,18H,9H2,1-3H3,(H,19,20)/p+1/t12-/m0/s1. The molecule has 3 N–H and O–H groups in total. The van der Waals surface area contributed by atoms with Crippen LogP contribution in [0.25, 0.3) is 0 Å². The Labute approximate surface area is 129 Å². The Morgan fingerprint density at radius 2 is 2.19 bits per heavy atom. The summed E-state index contributed by atoms with van der Waals surface area (Å²) in [5, 5.41) is 5.37. The van der Waals surface area contributed by atoms with Gasteiger partial charge >= 0.3 is 0 Å². The van der Waals surface area contributed by atoms with E-state index in [1.54, 1.807) is 6.26 Å². The first-order valence-electron chi connectivity index (χ1n) is 6.90. The number of amides is 1. The van der Waals surface area contributed by atoms with E-state index in [4.69, 9.17) is 16.0 Å². The maximum atomic E-state index is 12.0. The normalized spacial score (nSPS) is 12.2. The van der Waals surface area contributed by atoms with Crippen LogP contribution in [-0.4, -0.2) is 12.5 Å². The zero-order chi connectivity index (χ0) is 15.4. The summed E-state index contributed by atoms with van der Waals surface area (Å²) in [6, 6.07) is 7.69. The maximum Gasteiger partial charge on any atom is 0.279 e. The summed E-state index contributed by atoms with van der Waals surface area (Å²) in [5.74, 6) is 0.773. The molecule has 0 aliphatic heterocycles. The summed E-state index contributed by atoms with van der Waals surface area (Å²) in [4.78, 5) is 12.0. The molecule has 0 spiro atoms. The minimum atomic E-state index is -0.0812. The van der Waals surface area contributed by atoms with Crippen LogP contribution in [0.1, 0.15) is 29.9 Å². The lowest BCUT2D eigenvalue weighted by Crippen LogP contribution is -2.86. The molecule has 0 saturated heterocycles. The van der Waals surface area contributed by atoms with Gasteiger partial charge in [-0.15, -0.1) is 0 Å². The fourth-order valence-corrected chi connectivity index (χ4v) is 2.58. The van der Waals surface area contributed by atoms with E-state index in [-0.39, 0.29) is 11.9 Å². The molecular weight excluding hydrogens is 288 g/mol. The van der Waals surface area contributed by atoms with Crippen molar-refractivity contribution in [2.45, 2.75) is 26.8 Å². The van der Waals surface area contributed by atoms with Crippen molar-refractivity contribution >= 4 is 23.2 Å². The predicted octanol–water partition coefficient (Wildman–Crippen LogP) is 2.81. The molecule has 1 aromatic heterocycles. The minimum absolute atomic E-state index is 0.0812. The van der Waals surface area contributed by atoms with Crippen LogP contribution in [0.4, 0.5) is 5.69 Å². The molecule has 4 nitrogen and oxygen atoms in total. The number of nitrogens with one attached hydrogen (secondary N) is 1. The number of furan rings is 1. The lowest BCUT2D eigenvalue weighted by molar-refractivity contribution is -0.684. The van der Waals surface area contributed by atoms with Crippen LogP contribution in [0.2, 0.25) is 5.02 Å². The van der Waals surface area contributed by atoms with E-state index in [0.717, 1.165) is 16.9 Å². The number of nitrogens with two attached hydrogens (primary N) is 1. The van der Waals surface area contributed by atoms with Crippen LogP contribution in [0.15, 0.2) is 34.9 Å². The highest BCUT2D eigenvalue weighted by molar-refractivity contribution is 6.34. The number of carbonyl (C=O) groups is 1. The topological polar surface area (TPSA) is 58.9 Å². The average Bonchev–Trinajstić information content (AvgIpc) is 2.94. The Balaban J connectivity index is 1.93. The first-order chi connectivity index (χ1) is 9.97. The molecule has 0 aliphatic rings. The van der Waals surface area contributed by atoms with Crippen molar-refractivity contribution in [1.29, 1.82) is 0 Å². The molecule has 5 heteroatoms. The average molecular weight is 308 g/mol. The van der Waals surface area contributed by atoms with Gasteiger partial charge < -0.3 is 15.1 Å².